The lowest BCUT2D eigenvalue weighted by molar-refractivity contribution is 0.313. The Morgan fingerprint density at radius 2 is 2.05 bits per heavy atom. The van der Waals surface area contributed by atoms with Crippen molar-refractivity contribution in [2.24, 2.45) is 5.41 Å². The average molecular weight is 310 g/mol. The van der Waals surface area contributed by atoms with Gasteiger partial charge in [-0.05, 0) is 55.5 Å². The van der Waals surface area contributed by atoms with E-state index in [2.05, 4.69) is 23.9 Å². The van der Waals surface area contributed by atoms with E-state index in [-0.39, 0.29) is 11.5 Å². The molecule has 0 radical (unpaired) electrons. The lowest BCUT2D eigenvalue weighted by atomic mass is 9.88. The predicted octanol–water partition coefficient (Wildman–Crippen LogP) is 2.57. The molecule has 1 atom stereocenters. The minimum absolute atomic E-state index is 0.0246. The molecule has 0 bridgehead atoms. The van der Waals surface area contributed by atoms with Crippen molar-refractivity contribution in [3.63, 3.8) is 0 Å². The smallest absolute Gasteiger partial charge is 0.240 e. The van der Waals surface area contributed by atoms with Crippen molar-refractivity contribution in [2.75, 3.05) is 7.05 Å². The Kier molecular flexibility index (Phi) is 4.76. The van der Waals surface area contributed by atoms with Gasteiger partial charge in [0.2, 0.25) is 10.0 Å². The Labute approximate surface area is 128 Å². The first kappa shape index (κ1) is 16.5. The normalized spacial score (nSPS) is 21.6. The minimum atomic E-state index is -3.45. The fraction of sp³-hybridized carbons (Fsp3) is 0.625. The number of hydrogen-bond acceptors (Lipinski definition) is 3. The summed E-state index contributed by atoms with van der Waals surface area (Å²) in [7, 11) is -1.59. The number of sulfonamides is 1. The molecule has 1 fully saturated rings. The lowest BCUT2D eigenvalue weighted by Crippen LogP contribution is -2.41. The van der Waals surface area contributed by atoms with Crippen LogP contribution in [0.2, 0.25) is 0 Å². The van der Waals surface area contributed by atoms with Gasteiger partial charge < -0.3 is 5.32 Å². The average Bonchev–Trinajstić information content (AvgIpc) is 2.71. The molecule has 1 unspecified atom stereocenters. The molecule has 21 heavy (non-hydrogen) atoms. The van der Waals surface area contributed by atoms with Crippen molar-refractivity contribution in [3.05, 3.63) is 29.3 Å². The topological polar surface area (TPSA) is 58.2 Å². The third-order valence-corrected chi connectivity index (χ3v) is 6.02. The second kappa shape index (κ2) is 6.07. The van der Waals surface area contributed by atoms with Gasteiger partial charge in [-0.1, -0.05) is 26.3 Å². The van der Waals surface area contributed by atoms with E-state index in [9.17, 15) is 8.42 Å². The van der Waals surface area contributed by atoms with Crippen molar-refractivity contribution >= 4 is 10.0 Å². The maximum Gasteiger partial charge on any atom is 0.240 e. The molecule has 0 saturated heterocycles. The zero-order valence-electron chi connectivity index (χ0n) is 13.4. The molecule has 5 heteroatoms. The van der Waals surface area contributed by atoms with Crippen LogP contribution < -0.4 is 10.0 Å². The van der Waals surface area contributed by atoms with Crippen LogP contribution in [0.15, 0.2) is 23.1 Å². The summed E-state index contributed by atoms with van der Waals surface area (Å²) in [5.74, 6) is 0. The van der Waals surface area contributed by atoms with Crippen LogP contribution in [0, 0.1) is 12.3 Å². The quantitative estimate of drug-likeness (QED) is 0.879. The number of hydrogen-bond donors (Lipinski definition) is 2. The van der Waals surface area contributed by atoms with Gasteiger partial charge in [0.25, 0.3) is 0 Å². The largest absolute Gasteiger partial charge is 0.316 e. The molecule has 0 aromatic heterocycles. The summed E-state index contributed by atoms with van der Waals surface area (Å²) in [5, 5.41) is 3.07. The molecule has 2 N–H and O–H groups in total. The van der Waals surface area contributed by atoms with Crippen molar-refractivity contribution in [2.45, 2.75) is 57.5 Å². The van der Waals surface area contributed by atoms with Crippen LogP contribution in [0.4, 0.5) is 0 Å². The Bertz CT molecular complexity index is 609. The first-order chi connectivity index (χ1) is 9.76. The van der Waals surface area contributed by atoms with Crippen LogP contribution in [-0.2, 0) is 16.6 Å². The molecule has 1 aliphatic carbocycles. The van der Waals surface area contributed by atoms with Gasteiger partial charge in [0.1, 0.15) is 0 Å². The second-order valence-electron chi connectivity index (χ2n) is 6.67. The summed E-state index contributed by atoms with van der Waals surface area (Å²) in [6.07, 6.45) is 3.07. The standard InChI is InChI=1S/C16H26N2O2S/c1-12-7-8-14(10-13(12)11-17-4)21(19,20)18-15-6-5-9-16(15,2)3/h7-8,10,15,17-18H,5-6,9,11H2,1-4H3. The van der Waals surface area contributed by atoms with Gasteiger partial charge in [0.15, 0.2) is 0 Å². The monoisotopic (exact) mass is 310 g/mol. The van der Waals surface area contributed by atoms with E-state index < -0.39 is 10.0 Å². The summed E-state index contributed by atoms with van der Waals surface area (Å²) in [6, 6.07) is 5.37. The first-order valence-corrected chi connectivity index (χ1v) is 9.01. The maximum atomic E-state index is 12.6. The van der Waals surface area contributed by atoms with E-state index in [1.165, 1.54) is 0 Å². The van der Waals surface area contributed by atoms with E-state index in [0.717, 1.165) is 30.4 Å². The number of rotatable bonds is 5. The Hall–Kier alpha value is -0.910. The Morgan fingerprint density at radius 1 is 1.33 bits per heavy atom. The minimum Gasteiger partial charge on any atom is -0.316 e. The van der Waals surface area contributed by atoms with Gasteiger partial charge in [0.05, 0.1) is 4.90 Å². The zero-order valence-corrected chi connectivity index (χ0v) is 14.2. The fourth-order valence-corrected chi connectivity index (χ4v) is 4.49. The highest BCUT2D eigenvalue weighted by Gasteiger charge is 2.37. The highest BCUT2D eigenvalue weighted by molar-refractivity contribution is 7.89. The lowest BCUT2D eigenvalue weighted by Gasteiger charge is -2.27. The molecule has 4 nitrogen and oxygen atoms in total. The number of nitrogens with one attached hydrogen (secondary N) is 2. The first-order valence-electron chi connectivity index (χ1n) is 7.53. The van der Waals surface area contributed by atoms with Crippen molar-refractivity contribution < 1.29 is 8.42 Å². The summed E-state index contributed by atoms with van der Waals surface area (Å²) in [4.78, 5) is 0.362. The molecule has 0 amide bonds. The molecular formula is C16H26N2O2S. The summed E-state index contributed by atoms with van der Waals surface area (Å²) in [6.45, 7) is 6.93. The fourth-order valence-electron chi connectivity index (χ4n) is 3.00. The van der Waals surface area contributed by atoms with Crippen molar-refractivity contribution in [1.29, 1.82) is 0 Å². The SMILES string of the molecule is CNCc1cc(S(=O)(=O)NC2CCCC2(C)C)ccc1C. The molecule has 1 aromatic carbocycles. The van der Waals surface area contributed by atoms with Gasteiger partial charge in [0, 0.05) is 12.6 Å². The highest BCUT2D eigenvalue weighted by Crippen LogP contribution is 2.37. The molecule has 1 aliphatic rings. The van der Waals surface area contributed by atoms with E-state index in [1.54, 1.807) is 12.1 Å². The van der Waals surface area contributed by atoms with Crippen LogP contribution in [0.5, 0.6) is 0 Å². The van der Waals surface area contributed by atoms with E-state index in [1.807, 2.05) is 20.0 Å². The van der Waals surface area contributed by atoms with E-state index in [4.69, 9.17) is 0 Å². The molecular weight excluding hydrogens is 284 g/mol. The van der Waals surface area contributed by atoms with Crippen LogP contribution in [-0.4, -0.2) is 21.5 Å². The molecule has 118 valence electrons. The van der Waals surface area contributed by atoms with Crippen LogP contribution in [0.3, 0.4) is 0 Å². The molecule has 1 saturated carbocycles. The molecule has 0 spiro atoms. The Morgan fingerprint density at radius 3 is 2.62 bits per heavy atom. The second-order valence-corrected chi connectivity index (χ2v) is 8.39. The Balaban J connectivity index is 2.25. The van der Waals surface area contributed by atoms with E-state index in [0.29, 0.717) is 11.4 Å². The van der Waals surface area contributed by atoms with Crippen LogP contribution in [0.25, 0.3) is 0 Å². The van der Waals surface area contributed by atoms with Gasteiger partial charge in [-0.2, -0.15) is 0 Å². The number of aryl methyl sites for hydroxylation is 1. The van der Waals surface area contributed by atoms with Crippen molar-refractivity contribution in [3.8, 4) is 0 Å². The summed E-state index contributed by atoms with van der Waals surface area (Å²) in [5.41, 5.74) is 2.15. The predicted molar refractivity (Wildman–Crippen MR) is 85.7 cm³/mol. The van der Waals surface area contributed by atoms with E-state index >= 15 is 0 Å². The molecule has 0 aliphatic heterocycles. The molecule has 0 heterocycles. The van der Waals surface area contributed by atoms with Gasteiger partial charge in [-0.25, -0.2) is 13.1 Å². The third kappa shape index (κ3) is 3.65. The molecule has 2 rings (SSSR count). The van der Waals surface area contributed by atoms with Gasteiger partial charge >= 0.3 is 0 Å². The highest BCUT2D eigenvalue weighted by atomic mass is 32.2. The molecule has 1 aromatic rings. The van der Waals surface area contributed by atoms with Crippen molar-refractivity contribution in [1.82, 2.24) is 10.0 Å². The summed E-state index contributed by atoms with van der Waals surface area (Å²) < 4.78 is 28.1. The van der Waals surface area contributed by atoms with Crippen LogP contribution in [0.1, 0.15) is 44.2 Å². The maximum absolute atomic E-state index is 12.6. The van der Waals surface area contributed by atoms with Gasteiger partial charge in [-0.15, -0.1) is 0 Å². The van der Waals surface area contributed by atoms with Gasteiger partial charge in [-0.3, -0.25) is 0 Å². The number of benzene rings is 1. The summed E-state index contributed by atoms with van der Waals surface area (Å²) >= 11 is 0. The zero-order chi connectivity index (χ0) is 15.7. The van der Waals surface area contributed by atoms with Crippen LogP contribution >= 0.6 is 0 Å². The third-order valence-electron chi connectivity index (χ3n) is 4.55.